The van der Waals surface area contributed by atoms with Gasteiger partial charge in [-0.1, -0.05) is 18.2 Å². The molecule has 2 fully saturated rings. The lowest BCUT2D eigenvalue weighted by molar-refractivity contribution is 0.0947. The standard InChI is InChI=1S/C30H32N6O4/c37-29(25-4-8-27(9-5-25)35-12-16-39-17-13-35)33-31-21-23-2-1-3-24(20-23)22-32-34-30(38)26-6-10-28(11-7-26)36-14-18-40-19-15-36/h1-11,20-22H,12-19H2,(H,33,37)(H,34,38)/b31-21+,32-22+. The maximum absolute atomic E-state index is 12.5. The number of hydrogen-bond donors (Lipinski definition) is 2. The van der Waals surface area contributed by atoms with E-state index in [1.54, 1.807) is 36.7 Å². The van der Waals surface area contributed by atoms with Crippen molar-refractivity contribution < 1.29 is 19.1 Å². The summed E-state index contributed by atoms with van der Waals surface area (Å²) in [6.45, 7) is 6.22. The van der Waals surface area contributed by atoms with Gasteiger partial charge >= 0.3 is 0 Å². The fraction of sp³-hybridized carbons (Fsp3) is 0.267. The van der Waals surface area contributed by atoms with Crippen molar-refractivity contribution in [2.45, 2.75) is 0 Å². The van der Waals surface area contributed by atoms with Crippen LogP contribution in [0.2, 0.25) is 0 Å². The van der Waals surface area contributed by atoms with Crippen LogP contribution in [0, 0.1) is 0 Å². The van der Waals surface area contributed by atoms with E-state index in [-0.39, 0.29) is 11.8 Å². The third-order valence-corrected chi connectivity index (χ3v) is 6.68. The van der Waals surface area contributed by atoms with Crippen LogP contribution in [0.1, 0.15) is 31.8 Å². The van der Waals surface area contributed by atoms with Crippen molar-refractivity contribution in [3.05, 3.63) is 95.1 Å². The second-order valence-electron chi connectivity index (χ2n) is 9.36. The maximum atomic E-state index is 12.5. The molecule has 3 aromatic carbocycles. The van der Waals surface area contributed by atoms with Crippen molar-refractivity contribution in [1.29, 1.82) is 0 Å². The van der Waals surface area contributed by atoms with Crippen LogP contribution in [0.5, 0.6) is 0 Å². The van der Waals surface area contributed by atoms with Crippen LogP contribution >= 0.6 is 0 Å². The molecule has 0 bridgehead atoms. The normalized spacial score (nSPS) is 15.9. The first-order valence-corrected chi connectivity index (χ1v) is 13.3. The van der Waals surface area contributed by atoms with Crippen LogP contribution in [0.3, 0.4) is 0 Å². The number of nitrogens with zero attached hydrogens (tertiary/aromatic N) is 4. The number of carbonyl (C=O) groups excluding carboxylic acids is 2. The Balaban J connectivity index is 1.10. The van der Waals surface area contributed by atoms with E-state index >= 15 is 0 Å². The summed E-state index contributed by atoms with van der Waals surface area (Å²) in [5.74, 6) is -0.577. The molecule has 0 unspecified atom stereocenters. The van der Waals surface area contributed by atoms with Gasteiger partial charge in [-0.2, -0.15) is 10.2 Å². The Morgan fingerprint density at radius 3 is 1.43 bits per heavy atom. The van der Waals surface area contributed by atoms with E-state index < -0.39 is 0 Å². The Morgan fingerprint density at radius 2 is 1.02 bits per heavy atom. The van der Waals surface area contributed by atoms with Gasteiger partial charge in [0.25, 0.3) is 11.8 Å². The Hall–Kier alpha value is -4.54. The summed E-state index contributed by atoms with van der Waals surface area (Å²) in [6, 6.07) is 22.3. The molecule has 40 heavy (non-hydrogen) atoms. The molecule has 0 radical (unpaired) electrons. The summed E-state index contributed by atoms with van der Waals surface area (Å²) in [5.41, 5.74) is 9.87. The van der Waals surface area contributed by atoms with Crippen molar-refractivity contribution in [2.24, 2.45) is 10.2 Å². The third-order valence-electron chi connectivity index (χ3n) is 6.68. The smallest absolute Gasteiger partial charge is 0.271 e. The van der Waals surface area contributed by atoms with Crippen LogP contribution in [0.15, 0.2) is 83.0 Å². The average Bonchev–Trinajstić information content (AvgIpc) is 3.02. The molecule has 206 valence electrons. The van der Waals surface area contributed by atoms with Gasteiger partial charge in [-0.05, 0) is 65.7 Å². The first-order chi connectivity index (χ1) is 19.7. The summed E-state index contributed by atoms with van der Waals surface area (Å²) in [4.78, 5) is 29.4. The molecule has 0 saturated carbocycles. The zero-order valence-corrected chi connectivity index (χ0v) is 22.2. The molecule has 3 aromatic rings. The largest absolute Gasteiger partial charge is 0.378 e. The quantitative estimate of drug-likeness (QED) is 0.336. The van der Waals surface area contributed by atoms with Crippen LogP contribution < -0.4 is 20.7 Å². The van der Waals surface area contributed by atoms with E-state index in [2.05, 4.69) is 30.9 Å². The molecule has 2 heterocycles. The predicted molar refractivity (Wildman–Crippen MR) is 156 cm³/mol. The van der Waals surface area contributed by atoms with Crippen LogP contribution in [0.4, 0.5) is 11.4 Å². The highest BCUT2D eigenvalue weighted by molar-refractivity contribution is 5.96. The Bertz CT molecular complexity index is 1240. The number of nitrogens with one attached hydrogen (secondary N) is 2. The monoisotopic (exact) mass is 540 g/mol. The SMILES string of the molecule is O=C(N/N=C/c1cccc(/C=N/NC(=O)c2ccc(N3CCOCC3)cc2)c1)c1ccc(N2CCOCC2)cc1. The van der Waals surface area contributed by atoms with Crippen LogP contribution in [0.25, 0.3) is 0 Å². The van der Waals surface area contributed by atoms with Crippen molar-refractivity contribution in [3.8, 4) is 0 Å². The number of hydrogen-bond acceptors (Lipinski definition) is 8. The number of anilines is 2. The summed E-state index contributed by atoms with van der Waals surface area (Å²) >= 11 is 0. The number of amides is 2. The minimum atomic E-state index is -0.289. The minimum Gasteiger partial charge on any atom is -0.378 e. The van der Waals surface area contributed by atoms with E-state index in [9.17, 15) is 9.59 Å². The Labute approximate surface area is 233 Å². The van der Waals surface area contributed by atoms with E-state index in [0.717, 1.165) is 48.7 Å². The highest BCUT2D eigenvalue weighted by Gasteiger charge is 2.13. The molecule has 2 amide bonds. The highest BCUT2D eigenvalue weighted by Crippen LogP contribution is 2.18. The minimum absolute atomic E-state index is 0.289. The molecule has 5 rings (SSSR count). The molecular weight excluding hydrogens is 508 g/mol. The van der Waals surface area contributed by atoms with Gasteiger partial charge in [0.2, 0.25) is 0 Å². The molecule has 10 heteroatoms. The maximum Gasteiger partial charge on any atom is 0.271 e. The van der Waals surface area contributed by atoms with Crippen molar-refractivity contribution >= 4 is 35.6 Å². The van der Waals surface area contributed by atoms with Gasteiger partial charge in [0, 0.05) is 48.7 Å². The molecular formula is C30H32N6O4. The summed E-state index contributed by atoms with van der Waals surface area (Å²) in [7, 11) is 0. The molecule has 2 aliphatic rings. The first kappa shape index (κ1) is 27.0. The molecule has 0 aliphatic carbocycles. The second-order valence-corrected chi connectivity index (χ2v) is 9.36. The second kappa shape index (κ2) is 13.5. The van der Waals surface area contributed by atoms with E-state index in [1.165, 1.54) is 0 Å². The molecule has 0 aromatic heterocycles. The zero-order chi connectivity index (χ0) is 27.6. The first-order valence-electron chi connectivity index (χ1n) is 13.3. The number of morpholine rings is 2. The number of benzene rings is 3. The molecule has 2 aliphatic heterocycles. The lowest BCUT2D eigenvalue weighted by Crippen LogP contribution is -2.36. The van der Waals surface area contributed by atoms with Gasteiger partial charge in [-0.15, -0.1) is 0 Å². The van der Waals surface area contributed by atoms with E-state index in [4.69, 9.17) is 9.47 Å². The van der Waals surface area contributed by atoms with Gasteiger partial charge in [-0.25, -0.2) is 10.9 Å². The lowest BCUT2D eigenvalue weighted by atomic mass is 10.1. The van der Waals surface area contributed by atoms with Crippen LogP contribution in [-0.4, -0.2) is 76.9 Å². The van der Waals surface area contributed by atoms with Gasteiger partial charge in [0.15, 0.2) is 0 Å². The number of hydrazone groups is 2. The Kier molecular flexibility index (Phi) is 9.13. The summed E-state index contributed by atoms with van der Waals surface area (Å²) < 4.78 is 10.8. The van der Waals surface area contributed by atoms with E-state index in [1.807, 2.05) is 48.5 Å². The van der Waals surface area contributed by atoms with Crippen molar-refractivity contribution in [1.82, 2.24) is 10.9 Å². The molecule has 0 atom stereocenters. The summed E-state index contributed by atoms with van der Waals surface area (Å²) in [6.07, 6.45) is 3.12. The number of rotatable bonds is 8. The fourth-order valence-electron chi connectivity index (χ4n) is 4.47. The molecule has 2 saturated heterocycles. The molecule has 2 N–H and O–H groups in total. The van der Waals surface area contributed by atoms with Crippen molar-refractivity contribution in [2.75, 3.05) is 62.4 Å². The van der Waals surface area contributed by atoms with E-state index in [0.29, 0.717) is 37.6 Å². The zero-order valence-electron chi connectivity index (χ0n) is 22.2. The van der Waals surface area contributed by atoms with Crippen molar-refractivity contribution in [3.63, 3.8) is 0 Å². The lowest BCUT2D eigenvalue weighted by Gasteiger charge is -2.28. The number of carbonyl (C=O) groups is 2. The fourth-order valence-corrected chi connectivity index (χ4v) is 4.47. The van der Waals surface area contributed by atoms with Gasteiger partial charge in [0.1, 0.15) is 0 Å². The molecule has 10 nitrogen and oxygen atoms in total. The van der Waals surface area contributed by atoms with Gasteiger partial charge < -0.3 is 19.3 Å². The highest BCUT2D eigenvalue weighted by atomic mass is 16.5. The summed E-state index contributed by atoms with van der Waals surface area (Å²) in [5, 5.41) is 8.17. The average molecular weight is 541 g/mol. The molecule has 0 spiro atoms. The third kappa shape index (κ3) is 7.31. The van der Waals surface area contributed by atoms with Gasteiger partial charge in [-0.3, -0.25) is 9.59 Å². The van der Waals surface area contributed by atoms with Gasteiger partial charge in [0.05, 0.1) is 38.9 Å². The Morgan fingerprint density at radius 1 is 0.625 bits per heavy atom. The topological polar surface area (TPSA) is 108 Å². The van der Waals surface area contributed by atoms with Crippen LogP contribution in [-0.2, 0) is 9.47 Å². The predicted octanol–water partition coefficient (Wildman–Crippen LogP) is 2.89. The number of ether oxygens (including phenoxy) is 2.